The number of alkyl halides is 3. The molecule has 128 valence electrons. The summed E-state index contributed by atoms with van der Waals surface area (Å²) in [4.78, 5) is 15.3. The fourth-order valence-corrected chi connectivity index (χ4v) is 1.97. The molecule has 8 heteroatoms. The first-order valence-electron chi connectivity index (χ1n) is 6.87. The van der Waals surface area contributed by atoms with Gasteiger partial charge in [-0.25, -0.2) is 0 Å². The SMILES string of the molecule is COc1ccc(CNC(=O)c2ccc(C(F)(F)F)nc2)c(OC)c1. The number of carbonyl (C=O) groups is 1. The molecule has 0 saturated heterocycles. The van der Waals surface area contributed by atoms with Gasteiger partial charge in [0.2, 0.25) is 0 Å². The van der Waals surface area contributed by atoms with Crippen LogP contribution < -0.4 is 14.8 Å². The van der Waals surface area contributed by atoms with E-state index in [1.165, 1.54) is 14.2 Å². The van der Waals surface area contributed by atoms with Crippen molar-refractivity contribution in [2.24, 2.45) is 0 Å². The largest absolute Gasteiger partial charge is 0.497 e. The Morgan fingerprint density at radius 1 is 1.17 bits per heavy atom. The predicted molar refractivity (Wildman–Crippen MR) is 80.0 cm³/mol. The molecule has 0 aliphatic heterocycles. The highest BCUT2D eigenvalue weighted by atomic mass is 19.4. The van der Waals surface area contributed by atoms with Crippen molar-refractivity contribution in [3.05, 3.63) is 53.3 Å². The maximum absolute atomic E-state index is 12.4. The molecular formula is C16H15F3N2O3. The maximum Gasteiger partial charge on any atom is 0.433 e. The molecule has 1 amide bonds. The lowest BCUT2D eigenvalue weighted by Gasteiger charge is -2.11. The van der Waals surface area contributed by atoms with Gasteiger partial charge in [-0.2, -0.15) is 13.2 Å². The minimum atomic E-state index is -4.54. The van der Waals surface area contributed by atoms with E-state index in [0.717, 1.165) is 18.3 Å². The number of ether oxygens (including phenoxy) is 2. The molecule has 24 heavy (non-hydrogen) atoms. The molecule has 0 fully saturated rings. The van der Waals surface area contributed by atoms with Gasteiger partial charge in [0.15, 0.2) is 0 Å². The summed E-state index contributed by atoms with van der Waals surface area (Å²) >= 11 is 0. The molecule has 0 unspecified atom stereocenters. The number of aromatic nitrogens is 1. The van der Waals surface area contributed by atoms with Gasteiger partial charge in [0, 0.05) is 24.4 Å². The summed E-state index contributed by atoms with van der Waals surface area (Å²) < 4.78 is 47.6. The van der Waals surface area contributed by atoms with Gasteiger partial charge in [0.05, 0.1) is 19.8 Å². The zero-order chi connectivity index (χ0) is 17.7. The topological polar surface area (TPSA) is 60.5 Å². The monoisotopic (exact) mass is 340 g/mol. The summed E-state index contributed by atoms with van der Waals surface area (Å²) in [6, 6.07) is 6.95. The minimum absolute atomic E-state index is 0.0375. The number of pyridine rings is 1. The van der Waals surface area contributed by atoms with E-state index in [0.29, 0.717) is 17.1 Å². The second-order valence-corrected chi connectivity index (χ2v) is 4.79. The molecule has 1 N–H and O–H groups in total. The first-order chi connectivity index (χ1) is 11.3. The third-order valence-corrected chi connectivity index (χ3v) is 3.25. The van der Waals surface area contributed by atoms with Crippen LogP contribution >= 0.6 is 0 Å². The Kier molecular flexibility index (Phi) is 5.28. The van der Waals surface area contributed by atoms with Crippen molar-refractivity contribution >= 4 is 5.91 Å². The number of nitrogens with one attached hydrogen (secondary N) is 1. The number of halogens is 3. The summed E-state index contributed by atoms with van der Waals surface area (Å²) in [5.74, 6) is 0.600. The van der Waals surface area contributed by atoms with Crippen molar-refractivity contribution in [1.82, 2.24) is 10.3 Å². The van der Waals surface area contributed by atoms with Gasteiger partial charge >= 0.3 is 6.18 Å². The quantitative estimate of drug-likeness (QED) is 0.909. The highest BCUT2D eigenvalue weighted by Gasteiger charge is 2.32. The summed E-state index contributed by atoms with van der Waals surface area (Å²) in [5, 5.41) is 2.60. The normalized spacial score (nSPS) is 11.0. The smallest absolute Gasteiger partial charge is 0.433 e. The molecule has 0 aliphatic rings. The maximum atomic E-state index is 12.4. The molecule has 0 atom stereocenters. The average Bonchev–Trinajstić information content (AvgIpc) is 2.58. The Balaban J connectivity index is 2.05. The number of benzene rings is 1. The zero-order valence-electron chi connectivity index (χ0n) is 13.0. The lowest BCUT2D eigenvalue weighted by atomic mass is 10.1. The Morgan fingerprint density at radius 3 is 2.46 bits per heavy atom. The Labute approximate surface area is 136 Å². The van der Waals surface area contributed by atoms with Crippen LogP contribution in [-0.2, 0) is 12.7 Å². The van der Waals surface area contributed by atoms with Crippen LogP contribution in [0.1, 0.15) is 21.6 Å². The molecule has 2 aromatic rings. The van der Waals surface area contributed by atoms with Crippen LogP contribution in [0.5, 0.6) is 11.5 Å². The van der Waals surface area contributed by atoms with Gasteiger partial charge in [-0.1, -0.05) is 0 Å². The Morgan fingerprint density at radius 2 is 1.92 bits per heavy atom. The van der Waals surface area contributed by atoms with Crippen LogP contribution in [0.25, 0.3) is 0 Å². The molecule has 1 aromatic carbocycles. The summed E-state index contributed by atoms with van der Waals surface area (Å²) in [6.45, 7) is 0.146. The van der Waals surface area contributed by atoms with Gasteiger partial charge in [0.1, 0.15) is 17.2 Å². The summed E-state index contributed by atoms with van der Waals surface area (Å²) in [5.41, 5.74) is -0.308. The van der Waals surface area contributed by atoms with Crippen molar-refractivity contribution in [2.75, 3.05) is 14.2 Å². The molecule has 0 bridgehead atoms. The molecule has 1 heterocycles. The van der Waals surface area contributed by atoms with E-state index in [1.54, 1.807) is 18.2 Å². The number of amides is 1. The lowest BCUT2D eigenvalue weighted by molar-refractivity contribution is -0.141. The fourth-order valence-electron chi connectivity index (χ4n) is 1.97. The van der Waals surface area contributed by atoms with Crippen molar-refractivity contribution < 1.29 is 27.4 Å². The Bertz CT molecular complexity index is 715. The fraction of sp³-hybridized carbons (Fsp3) is 0.250. The second-order valence-electron chi connectivity index (χ2n) is 4.79. The van der Waals surface area contributed by atoms with Gasteiger partial charge in [0.25, 0.3) is 5.91 Å². The molecule has 1 aromatic heterocycles. The van der Waals surface area contributed by atoms with Crippen LogP contribution in [0.2, 0.25) is 0 Å². The number of hydrogen-bond donors (Lipinski definition) is 1. The van der Waals surface area contributed by atoms with E-state index in [2.05, 4.69) is 10.3 Å². The summed E-state index contributed by atoms with van der Waals surface area (Å²) in [7, 11) is 3.01. The van der Waals surface area contributed by atoms with E-state index in [9.17, 15) is 18.0 Å². The first-order valence-corrected chi connectivity index (χ1v) is 6.87. The van der Waals surface area contributed by atoms with E-state index in [4.69, 9.17) is 9.47 Å². The summed E-state index contributed by atoms with van der Waals surface area (Å²) in [6.07, 6.45) is -3.64. The highest BCUT2D eigenvalue weighted by Crippen LogP contribution is 2.27. The number of rotatable bonds is 5. The van der Waals surface area contributed by atoms with E-state index >= 15 is 0 Å². The van der Waals surface area contributed by atoms with Crippen LogP contribution in [0.3, 0.4) is 0 Å². The van der Waals surface area contributed by atoms with E-state index < -0.39 is 17.8 Å². The molecule has 5 nitrogen and oxygen atoms in total. The van der Waals surface area contributed by atoms with Crippen LogP contribution in [-0.4, -0.2) is 25.1 Å². The number of carbonyl (C=O) groups excluding carboxylic acids is 1. The predicted octanol–water partition coefficient (Wildman–Crippen LogP) is 3.05. The van der Waals surface area contributed by atoms with Gasteiger partial charge < -0.3 is 14.8 Å². The minimum Gasteiger partial charge on any atom is -0.497 e. The van der Waals surface area contributed by atoms with Crippen molar-refractivity contribution in [1.29, 1.82) is 0 Å². The van der Waals surface area contributed by atoms with Crippen molar-refractivity contribution in [2.45, 2.75) is 12.7 Å². The average molecular weight is 340 g/mol. The highest BCUT2D eigenvalue weighted by molar-refractivity contribution is 5.93. The van der Waals surface area contributed by atoms with Crippen LogP contribution in [0.4, 0.5) is 13.2 Å². The van der Waals surface area contributed by atoms with E-state index in [1.807, 2.05) is 0 Å². The van der Waals surface area contributed by atoms with Gasteiger partial charge in [-0.3, -0.25) is 9.78 Å². The molecule has 0 radical (unpaired) electrons. The molecule has 2 rings (SSSR count). The van der Waals surface area contributed by atoms with Gasteiger partial charge in [-0.15, -0.1) is 0 Å². The standard InChI is InChI=1S/C16H15F3N2O3/c1-23-12-5-3-10(13(7-12)24-2)8-21-15(22)11-4-6-14(20-9-11)16(17,18)19/h3-7,9H,8H2,1-2H3,(H,21,22). The number of hydrogen-bond acceptors (Lipinski definition) is 4. The third kappa shape index (κ3) is 4.15. The van der Waals surface area contributed by atoms with Crippen LogP contribution in [0.15, 0.2) is 36.5 Å². The number of methoxy groups -OCH3 is 2. The van der Waals surface area contributed by atoms with Gasteiger partial charge in [-0.05, 0) is 24.3 Å². The number of nitrogens with zero attached hydrogens (tertiary/aromatic N) is 1. The molecular weight excluding hydrogens is 325 g/mol. The zero-order valence-corrected chi connectivity index (χ0v) is 13.0. The Hall–Kier alpha value is -2.77. The second kappa shape index (κ2) is 7.20. The molecule has 0 aliphatic carbocycles. The third-order valence-electron chi connectivity index (χ3n) is 3.25. The lowest BCUT2D eigenvalue weighted by Crippen LogP contribution is -2.23. The van der Waals surface area contributed by atoms with E-state index in [-0.39, 0.29) is 12.1 Å². The first kappa shape index (κ1) is 17.6. The van der Waals surface area contributed by atoms with Crippen molar-refractivity contribution in [3.63, 3.8) is 0 Å². The van der Waals surface area contributed by atoms with Crippen molar-refractivity contribution in [3.8, 4) is 11.5 Å². The molecule has 0 spiro atoms. The van der Waals surface area contributed by atoms with Crippen LogP contribution in [0, 0.1) is 0 Å². The molecule has 0 saturated carbocycles.